The van der Waals surface area contributed by atoms with Crippen molar-refractivity contribution in [3.05, 3.63) is 0 Å². The fraction of sp³-hybridized carbons (Fsp3) is 0.846. The third-order valence-corrected chi connectivity index (χ3v) is 5.68. The van der Waals surface area contributed by atoms with E-state index in [-0.39, 0.29) is 12.8 Å². The van der Waals surface area contributed by atoms with Gasteiger partial charge in [0.1, 0.15) is 0 Å². The molecule has 0 amide bonds. The van der Waals surface area contributed by atoms with Gasteiger partial charge in [0.15, 0.2) is 10.9 Å². The topological polar surface area (TPSA) is 180 Å². The predicted octanol–water partition coefficient (Wildman–Crippen LogP) is 3.21. The molecule has 0 bridgehead atoms. The highest BCUT2D eigenvalue weighted by atomic mass is 31.2. The van der Waals surface area contributed by atoms with Crippen molar-refractivity contribution in [3.63, 3.8) is 0 Å². The quantitative estimate of drug-likeness (QED) is 0.0842. The number of oxime groups is 2. The Labute approximate surface area is 147 Å². The molecule has 0 radical (unpaired) electrons. The Bertz CT molecular complexity index is 480. The summed E-state index contributed by atoms with van der Waals surface area (Å²) >= 11 is 0. The van der Waals surface area contributed by atoms with Crippen LogP contribution in [0.4, 0.5) is 0 Å². The molecule has 0 aromatic heterocycles. The van der Waals surface area contributed by atoms with E-state index in [2.05, 4.69) is 10.3 Å². The molecule has 10 nitrogen and oxygen atoms in total. The van der Waals surface area contributed by atoms with Crippen LogP contribution in [0.3, 0.4) is 0 Å². The molecule has 0 atom stereocenters. The van der Waals surface area contributed by atoms with E-state index < -0.39 is 26.1 Å². The Hall–Kier alpha value is -0.760. The molecule has 0 aromatic rings. The lowest BCUT2D eigenvalue weighted by atomic mass is 10.1. The van der Waals surface area contributed by atoms with Gasteiger partial charge in [-0.1, -0.05) is 55.3 Å². The zero-order valence-corrected chi connectivity index (χ0v) is 15.9. The van der Waals surface area contributed by atoms with Crippen LogP contribution < -0.4 is 0 Å². The Balaban J connectivity index is 3.57. The standard InChI is InChI=1S/C13H28N2O8P2/c16-14-12(24(18,19)20)10-8-6-4-2-1-3-5-7-9-11-13(15-17)25(21,22)23/h16-17H,1-11H2,(H2,18,19,20)(H2,21,22,23)/b14-12-,15-13+. The molecular weight excluding hydrogens is 374 g/mol. The summed E-state index contributed by atoms with van der Waals surface area (Å²) in [5, 5.41) is 22.4. The fourth-order valence-corrected chi connectivity index (χ4v) is 3.44. The van der Waals surface area contributed by atoms with E-state index in [9.17, 15) is 9.13 Å². The van der Waals surface area contributed by atoms with E-state index in [1.165, 1.54) is 0 Å². The fourth-order valence-electron chi connectivity index (χ4n) is 2.31. The van der Waals surface area contributed by atoms with Gasteiger partial charge >= 0.3 is 15.2 Å². The van der Waals surface area contributed by atoms with E-state index in [0.29, 0.717) is 12.8 Å². The van der Waals surface area contributed by atoms with Gasteiger partial charge in [-0.3, -0.25) is 9.13 Å². The Morgan fingerprint density at radius 2 is 0.800 bits per heavy atom. The molecule has 0 spiro atoms. The van der Waals surface area contributed by atoms with E-state index in [1.807, 2.05) is 0 Å². The molecule has 6 N–H and O–H groups in total. The first kappa shape index (κ1) is 24.2. The summed E-state index contributed by atoms with van der Waals surface area (Å²) in [6.45, 7) is 0. The smallest absolute Gasteiger partial charge is 0.373 e. The van der Waals surface area contributed by atoms with Crippen LogP contribution >= 0.6 is 15.2 Å². The maximum absolute atomic E-state index is 10.9. The van der Waals surface area contributed by atoms with Crippen molar-refractivity contribution in [1.29, 1.82) is 0 Å². The maximum atomic E-state index is 10.9. The van der Waals surface area contributed by atoms with Gasteiger partial charge in [0.05, 0.1) is 0 Å². The van der Waals surface area contributed by atoms with Crippen LogP contribution in [0.2, 0.25) is 0 Å². The zero-order valence-electron chi connectivity index (χ0n) is 14.1. The van der Waals surface area contributed by atoms with Crippen molar-refractivity contribution >= 4 is 26.1 Å². The summed E-state index contributed by atoms with van der Waals surface area (Å²) in [7, 11) is -8.89. The van der Waals surface area contributed by atoms with Crippen molar-refractivity contribution < 1.29 is 39.1 Å². The monoisotopic (exact) mass is 402 g/mol. The molecule has 0 unspecified atom stereocenters. The van der Waals surface area contributed by atoms with Gasteiger partial charge in [-0.05, 0) is 12.8 Å². The van der Waals surface area contributed by atoms with Crippen LogP contribution in [-0.2, 0) is 9.13 Å². The number of unbranched alkanes of at least 4 members (excludes halogenated alkanes) is 8. The summed E-state index contributed by atoms with van der Waals surface area (Å²) in [6.07, 6.45) is 7.63. The molecule has 148 valence electrons. The first-order valence-corrected chi connectivity index (χ1v) is 11.4. The number of nitrogens with zero attached hydrogens (tertiary/aromatic N) is 2. The van der Waals surface area contributed by atoms with E-state index in [4.69, 9.17) is 30.0 Å². The normalized spacial score (nSPS) is 14.1. The number of hydrogen-bond donors (Lipinski definition) is 6. The van der Waals surface area contributed by atoms with E-state index >= 15 is 0 Å². The average molecular weight is 402 g/mol. The molecule has 0 aliphatic carbocycles. The van der Waals surface area contributed by atoms with Crippen LogP contribution in [-0.4, -0.2) is 40.9 Å². The van der Waals surface area contributed by atoms with Crippen molar-refractivity contribution in [2.75, 3.05) is 0 Å². The van der Waals surface area contributed by atoms with Crippen LogP contribution in [0.15, 0.2) is 10.3 Å². The van der Waals surface area contributed by atoms with E-state index in [0.717, 1.165) is 44.9 Å². The lowest BCUT2D eigenvalue weighted by Crippen LogP contribution is -1.99. The van der Waals surface area contributed by atoms with Gasteiger partial charge in [0.25, 0.3) is 0 Å². The molecule has 0 heterocycles. The third kappa shape index (κ3) is 12.3. The second kappa shape index (κ2) is 12.6. The van der Waals surface area contributed by atoms with Crippen LogP contribution in [0.25, 0.3) is 0 Å². The third-order valence-electron chi connectivity index (χ3n) is 3.70. The lowest BCUT2D eigenvalue weighted by Gasteiger charge is -2.06. The SMILES string of the molecule is O=P(O)(O)/C(CCCCCCCCCCC/C(=N\O)P(=O)(O)O)=N\O. The van der Waals surface area contributed by atoms with Gasteiger partial charge in [-0.15, -0.1) is 0 Å². The summed E-state index contributed by atoms with van der Waals surface area (Å²) in [4.78, 5) is 35.5. The second-order valence-electron chi connectivity index (χ2n) is 5.80. The minimum absolute atomic E-state index is 0.0785. The average Bonchev–Trinajstić information content (AvgIpc) is 2.49. The largest absolute Gasteiger partial charge is 0.410 e. The predicted molar refractivity (Wildman–Crippen MR) is 93.3 cm³/mol. The number of hydrogen-bond acceptors (Lipinski definition) is 6. The molecule has 0 saturated carbocycles. The molecular formula is C13H28N2O8P2. The highest BCUT2D eigenvalue weighted by molar-refractivity contribution is 7.70. The first-order valence-electron chi connectivity index (χ1n) is 8.17. The van der Waals surface area contributed by atoms with Gasteiger partial charge in [0.2, 0.25) is 0 Å². The van der Waals surface area contributed by atoms with Crippen LogP contribution in [0.1, 0.15) is 70.6 Å². The second-order valence-corrected chi connectivity index (χ2v) is 9.01. The molecule has 0 saturated heterocycles. The van der Waals surface area contributed by atoms with Gasteiger partial charge in [-0.25, -0.2) is 0 Å². The van der Waals surface area contributed by atoms with Crippen LogP contribution in [0.5, 0.6) is 0 Å². The van der Waals surface area contributed by atoms with E-state index in [1.54, 1.807) is 0 Å². The minimum Gasteiger partial charge on any atom is -0.410 e. The number of rotatable bonds is 14. The Morgan fingerprint density at radius 1 is 0.560 bits per heavy atom. The molecule has 0 fully saturated rings. The Morgan fingerprint density at radius 3 is 1.00 bits per heavy atom. The molecule has 25 heavy (non-hydrogen) atoms. The highest BCUT2D eigenvalue weighted by Crippen LogP contribution is 2.39. The first-order chi connectivity index (χ1) is 11.6. The zero-order chi connectivity index (χ0) is 19.3. The van der Waals surface area contributed by atoms with Crippen molar-refractivity contribution in [2.45, 2.75) is 70.6 Å². The van der Waals surface area contributed by atoms with Crippen molar-refractivity contribution in [2.24, 2.45) is 10.3 Å². The summed E-state index contributed by atoms with van der Waals surface area (Å²) in [5.74, 6) is 0. The Kier molecular flexibility index (Phi) is 12.2. The highest BCUT2D eigenvalue weighted by Gasteiger charge is 2.23. The molecule has 0 aliphatic rings. The van der Waals surface area contributed by atoms with Gasteiger partial charge < -0.3 is 30.0 Å². The molecule has 0 aromatic carbocycles. The minimum atomic E-state index is -4.45. The summed E-state index contributed by atoms with van der Waals surface area (Å²) in [6, 6.07) is 0. The maximum Gasteiger partial charge on any atom is 0.373 e. The molecule has 12 heteroatoms. The van der Waals surface area contributed by atoms with Crippen LogP contribution in [0, 0.1) is 0 Å². The summed E-state index contributed by atoms with van der Waals surface area (Å²) in [5.41, 5.74) is -0.956. The lowest BCUT2D eigenvalue weighted by molar-refractivity contribution is 0.314. The van der Waals surface area contributed by atoms with Gasteiger partial charge in [-0.2, -0.15) is 0 Å². The summed E-state index contributed by atoms with van der Waals surface area (Å²) < 4.78 is 21.8. The van der Waals surface area contributed by atoms with Crippen molar-refractivity contribution in [1.82, 2.24) is 0 Å². The molecule has 0 rings (SSSR count). The van der Waals surface area contributed by atoms with Crippen molar-refractivity contribution in [3.8, 4) is 0 Å². The van der Waals surface area contributed by atoms with Gasteiger partial charge in [0, 0.05) is 12.8 Å². The molecule has 0 aliphatic heterocycles.